The van der Waals surface area contributed by atoms with Gasteiger partial charge >= 0.3 is 0 Å². The number of hydrogen-bond acceptors (Lipinski definition) is 6. The number of nitrogens with zero attached hydrogens (tertiary/aromatic N) is 5. The Morgan fingerprint density at radius 2 is 1.31 bits per heavy atom. The van der Waals surface area contributed by atoms with Gasteiger partial charge in [0.15, 0.2) is 0 Å². The minimum atomic E-state index is -4.04. The van der Waals surface area contributed by atoms with Gasteiger partial charge in [0.2, 0.25) is 10.0 Å². The maximum Gasteiger partial charge on any atom is 0.283 e. The summed E-state index contributed by atoms with van der Waals surface area (Å²) in [5.41, 5.74) is 3.64. The molecule has 2 heterocycles. The number of likely N-dealkylation sites (tertiary alicyclic amines) is 1. The summed E-state index contributed by atoms with van der Waals surface area (Å²) in [6.07, 6.45) is 1.30. The molecule has 0 bridgehead atoms. The monoisotopic (exact) mass is 609 g/mol. The molecule has 0 saturated carbocycles. The highest BCUT2D eigenvalue weighted by atomic mass is 32.2. The second-order valence-corrected chi connectivity index (χ2v) is 14.8. The van der Waals surface area contributed by atoms with E-state index in [0.717, 1.165) is 48.3 Å². The summed E-state index contributed by atoms with van der Waals surface area (Å²) in [7, 11) is -4.06. The lowest BCUT2D eigenvalue weighted by Crippen LogP contribution is -2.42. The van der Waals surface area contributed by atoms with Crippen LogP contribution in [0.25, 0.3) is 0 Å². The third kappa shape index (κ3) is 6.39. The van der Waals surface area contributed by atoms with Gasteiger partial charge in [0.05, 0.1) is 16.3 Å². The minimum absolute atomic E-state index is 0.113. The van der Waals surface area contributed by atoms with Crippen molar-refractivity contribution < 1.29 is 16.8 Å². The maximum atomic E-state index is 14.1. The summed E-state index contributed by atoms with van der Waals surface area (Å²) in [6.45, 7) is 6.31. The molecule has 11 heteroatoms. The predicted octanol–water partition coefficient (Wildman–Crippen LogP) is 4.26. The first-order chi connectivity index (χ1) is 20.0. The minimum Gasteiger partial charge on any atom is -0.378 e. The van der Waals surface area contributed by atoms with E-state index in [-0.39, 0.29) is 16.3 Å². The van der Waals surface area contributed by atoms with E-state index in [0.29, 0.717) is 18.9 Å². The van der Waals surface area contributed by atoms with E-state index in [4.69, 9.17) is 0 Å². The number of benzene rings is 3. The second kappa shape index (κ2) is 12.2. The number of sulfonamides is 2. The molecular formula is C31H39N5O4S2. The molecule has 224 valence electrons. The van der Waals surface area contributed by atoms with Crippen LogP contribution < -0.4 is 4.90 Å². The molecule has 3 aromatic rings. The van der Waals surface area contributed by atoms with Gasteiger partial charge in [0, 0.05) is 32.9 Å². The quantitative estimate of drug-likeness (QED) is 0.278. The number of anilines is 1. The molecule has 9 nitrogen and oxygen atoms in total. The lowest BCUT2D eigenvalue weighted by Gasteiger charge is -2.33. The van der Waals surface area contributed by atoms with Gasteiger partial charge < -0.3 is 9.80 Å². The fourth-order valence-electron chi connectivity index (χ4n) is 5.48. The predicted molar refractivity (Wildman–Crippen MR) is 167 cm³/mol. The van der Waals surface area contributed by atoms with Crippen molar-refractivity contribution >= 4 is 31.6 Å². The van der Waals surface area contributed by atoms with E-state index in [9.17, 15) is 16.8 Å². The summed E-state index contributed by atoms with van der Waals surface area (Å²) in [5.74, 6) is 0.348. The Labute approximate surface area is 250 Å². The summed E-state index contributed by atoms with van der Waals surface area (Å²) < 4.78 is 61.3. The van der Waals surface area contributed by atoms with E-state index in [1.165, 1.54) is 4.31 Å². The molecule has 5 rings (SSSR count). The first-order valence-electron chi connectivity index (χ1n) is 14.2. The van der Waals surface area contributed by atoms with Crippen molar-refractivity contribution in [1.29, 1.82) is 0 Å². The van der Waals surface area contributed by atoms with Crippen LogP contribution in [0.3, 0.4) is 0 Å². The first-order valence-corrected chi connectivity index (χ1v) is 17.1. The van der Waals surface area contributed by atoms with Crippen molar-refractivity contribution in [1.82, 2.24) is 14.1 Å². The Morgan fingerprint density at radius 3 is 1.86 bits per heavy atom. The fraction of sp³-hybridized carbons (Fsp3) is 0.387. The summed E-state index contributed by atoms with van der Waals surface area (Å²) in [4.78, 5) is 6.34. The molecule has 0 aliphatic carbocycles. The van der Waals surface area contributed by atoms with Crippen molar-refractivity contribution in [3.05, 3.63) is 89.5 Å². The largest absolute Gasteiger partial charge is 0.378 e. The Kier molecular flexibility index (Phi) is 8.75. The number of rotatable bonds is 8. The van der Waals surface area contributed by atoms with Crippen LogP contribution in [0.1, 0.15) is 35.7 Å². The SMILES string of the molecule is Cc1ccc(S(=O)(=O)N=C(CN2CCCC2)N2CCN(S(=O)(=O)c3ccc(C)cc3)C2c2ccc(N(C)C)cc2)cc1. The van der Waals surface area contributed by atoms with E-state index in [1.54, 1.807) is 48.5 Å². The van der Waals surface area contributed by atoms with Gasteiger partial charge in [-0.15, -0.1) is 4.40 Å². The van der Waals surface area contributed by atoms with Crippen molar-refractivity contribution in [2.24, 2.45) is 4.40 Å². The zero-order chi connectivity index (χ0) is 30.1. The van der Waals surface area contributed by atoms with Crippen LogP contribution in [0.15, 0.2) is 87.0 Å². The van der Waals surface area contributed by atoms with E-state index in [1.807, 2.05) is 62.0 Å². The molecule has 2 aliphatic heterocycles. The molecular weight excluding hydrogens is 571 g/mol. The van der Waals surface area contributed by atoms with Crippen LogP contribution in [0.2, 0.25) is 0 Å². The maximum absolute atomic E-state index is 14.1. The first kappa shape index (κ1) is 30.2. The van der Waals surface area contributed by atoms with Crippen LogP contribution in [-0.2, 0) is 20.0 Å². The van der Waals surface area contributed by atoms with Gasteiger partial charge in [-0.25, -0.2) is 8.42 Å². The zero-order valence-corrected chi connectivity index (χ0v) is 26.3. The van der Waals surface area contributed by atoms with Gasteiger partial charge in [-0.3, -0.25) is 4.90 Å². The Morgan fingerprint density at radius 1 is 0.762 bits per heavy atom. The van der Waals surface area contributed by atoms with E-state index in [2.05, 4.69) is 9.30 Å². The van der Waals surface area contributed by atoms with Gasteiger partial charge in [-0.2, -0.15) is 12.7 Å². The Balaban J connectivity index is 1.62. The lowest BCUT2D eigenvalue weighted by atomic mass is 10.1. The lowest BCUT2D eigenvalue weighted by molar-refractivity contribution is 0.271. The van der Waals surface area contributed by atoms with E-state index < -0.39 is 26.2 Å². The highest BCUT2D eigenvalue weighted by Gasteiger charge is 2.43. The van der Waals surface area contributed by atoms with Crippen molar-refractivity contribution in [3.63, 3.8) is 0 Å². The summed E-state index contributed by atoms with van der Waals surface area (Å²) >= 11 is 0. The third-order valence-corrected chi connectivity index (χ3v) is 11.1. The number of aryl methyl sites for hydroxylation is 2. The molecule has 0 amide bonds. The van der Waals surface area contributed by atoms with Gasteiger partial charge in [0.25, 0.3) is 10.0 Å². The van der Waals surface area contributed by atoms with Crippen LogP contribution in [-0.4, -0.2) is 83.6 Å². The fourth-order valence-corrected chi connectivity index (χ4v) is 8.08. The van der Waals surface area contributed by atoms with Crippen molar-refractivity contribution in [2.75, 3.05) is 51.7 Å². The third-order valence-electron chi connectivity index (χ3n) is 7.90. The van der Waals surface area contributed by atoms with Crippen LogP contribution in [0.4, 0.5) is 5.69 Å². The molecule has 1 atom stereocenters. The van der Waals surface area contributed by atoms with Gasteiger partial charge in [0.1, 0.15) is 12.0 Å². The number of amidine groups is 1. The molecule has 0 N–H and O–H groups in total. The molecule has 2 aliphatic rings. The summed E-state index contributed by atoms with van der Waals surface area (Å²) in [6, 6.07) is 21.2. The van der Waals surface area contributed by atoms with Crippen LogP contribution in [0, 0.1) is 13.8 Å². The van der Waals surface area contributed by atoms with Crippen LogP contribution >= 0.6 is 0 Å². The molecule has 0 radical (unpaired) electrons. The smallest absolute Gasteiger partial charge is 0.283 e. The van der Waals surface area contributed by atoms with E-state index >= 15 is 0 Å². The summed E-state index contributed by atoms with van der Waals surface area (Å²) in [5, 5.41) is 0. The zero-order valence-electron chi connectivity index (χ0n) is 24.6. The molecule has 42 heavy (non-hydrogen) atoms. The average molecular weight is 610 g/mol. The van der Waals surface area contributed by atoms with Gasteiger partial charge in [-0.05, 0) is 81.7 Å². The molecule has 3 aromatic carbocycles. The topological polar surface area (TPSA) is 93.6 Å². The Hall–Kier alpha value is -3.25. The van der Waals surface area contributed by atoms with Gasteiger partial charge in [-0.1, -0.05) is 47.5 Å². The molecule has 1 unspecified atom stereocenters. The highest BCUT2D eigenvalue weighted by molar-refractivity contribution is 7.90. The second-order valence-electron chi connectivity index (χ2n) is 11.3. The molecule has 2 saturated heterocycles. The van der Waals surface area contributed by atoms with Crippen molar-refractivity contribution in [3.8, 4) is 0 Å². The Bertz CT molecular complexity index is 1630. The molecule has 2 fully saturated rings. The molecule has 0 spiro atoms. The standard InChI is InChI=1S/C31H39N5O4S2/c1-24-7-15-28(16-8-24)41(37,38)32-30(23-34-19-5-6-20-34)35-21-22-36(42(39,40)29-17-9-25(2)10-18-29)31(35)26-11-13-27(14-12-26)33(3)4/h7-18,31H,5-6,19-23H2,1-4H3. The van der Waals surface area contributed by atoms with Crippen molar-refractivity contribution in [2.45, 2.75) is 42.6 Å². The van der Waals surface area contributed by atoms with Crippen LogP contribution in [0.5, 0.6) is 0 Å². The normalized spacial score (nSPS) is 19.0. The highest BCUT2D eigenvalue weighted by Crippen LogP contribution is 2.36. The average Bonchev–Trinajstić information content (AvgIpc) is 3.64. The molecule has 0 aromatic heterocycles. The number of hydrogen-bond donors (Lipinski definition) is 0.